The van der Waals surface area contributed by atoms with Gasteiger partial charge >= 0.3 is 11.9 Å². The molecule has 5 heteroatoms. The van der Waals surface area contributed by atoms with Gasteiger partial charge < -0.3 is 14.6 Å². The molecule has 17 heavy (non-hydrogen) atoms. The number of rotatable bonds is 4. The molecule has 1 aromatic carbocycles. The highest BCUT2D eigenvalue weighted by Crippen LogP contribution is 2.27. The van der Waals surface area contributed by atoms with Crippen LogP contribution >= 0.6 is 0 Å². The molecule has 0 aliphatic rings. The van der Waals surface area contributed by atoms with Gasteiger partial charge in [-0.1, -0.05) is 6.07 Å². The number of ether oxygens (including phenoxy) is 2. The van der Waals surface area contributed by atoms with Crippen molar-refractivity contribution in [1.82, 2.24) is 0 Å². The molecule has 0 saturated carbocycles. The van der Waals surface area contributed by atoms with Gasteiger partial charge in [-0.05, 0) is 17.7 Å². The monoisotopic (exact) mass is 238 g/mol. The van der Waals surface area contributed by atoms with E-state index in [2.05, 4.69) is 0 Å². The van der Waals surface area contributed by atoms with Gasteiger partial charge in [0.15, 0.2) is 11.5 Å². The summed E-state index contributed by atoms with van der Waals surface area (Å²) in [6, 6.07) is 4.67. The maximum Gasteiger partial charge on any atom is 0.308 e. The van der Waals surface area contributed by atoms with Crippen molar-refractivity contribution in [2.75, 3.05) is 6.61 Å². The fourth-order valence-electron chi connectivity index (χ4n) is 1.27. The molecular weight excluding hydrogens is 224 g/mol. The van der Waals surface area contributed by atoms with Gasteiger partial charge in [-0.3, -0.25) is 9.59 Å². The highest BCUT2D eigenvalue weighted by Gasteiger charge is 2.06. The standard InChI is InChI=1S/C12H14O5/c1-8(13)16-6-5-10-3-4-12(11(15)7-10)17-9(2)14/h3-4,7,15H,5-6H2,1-2H3. The third kappa shape index (κ3) is 4.55. The number of aromatic hydroxyl groups is 1. The molecule has 0 spiro atoms. The van der Waals surface area contributed by atoms with E-state index in [4.69, 9.17) is 9.47 Å². The Morgan fingerprint density at radius 3 is 2.47 bits per heavy atom. The minimum Gasteiger partial charge on any atom is -0.504 e. The number of hydrogen-bond acceptors (Lipinski definition) is 5. The van der Waals surface area contributed by atoms with Crippen molar-refractivity contribution in [1.29, 1.82) is 0 Å². The zero-order chi connectivity index (χ0) is 12.8. The van der Waals surface area contributed by atoms with Gasteiger partial charge in [0.1, 0.15) is 0 Å². The normalized spacial score (nSPS) is 9.76. The lowest BCUT2D eigenvalue weighted by molar-refractivity contribution is -0.140. The zero-order valence-electron chi connectivity index (χ0n) is 9.73. The molecule has 5 nitrogen and oxygen atoms in total. The summed E-state index contributed by atoms with van der Waals surface area (Å²) in [6.45, 7) is 2.84. The predicted octanol–water partition coefficient (Wildman–Crippen LogP) is 1.42. The van der Waals surface area contributed by atoms with E-state index in [9.17, 15) is 14.7 Å². The predicted molar refractivity (Wildman–Crippen MR) is 59.8 cm³/mol. The average Bonchev–Trinajstić information content (AvgIpc) is 2.21. The Labute approximate surface area is 99.0 Å². The average molecular weight is 238 g/mol. The molecule has 0 saturated heterocycles. The SMILES string of the molecule is CC(=O)OCCc1ccc(OC(C)=O)c(O)c1. The summed E-state index contributed by atoms with van der Waals surface area (Å²) < 4.78 is 9.54. The van der Waals surface area contributed by atoms with Crippen molar-refractivity contribution in [2.45, 2.75) is 20.3 Å². The van der Waals surface area contributed by atoms with Gasteiger partial charge in [0.2, 0.25) is 0 Å². The molecule has 1 N–H and O–H groups in total. The van der Waals surface area contributed by atoms with Gasteiger partial charge in [0.05, 0.1) is 6.61 Å². The lowest BCUT2D eigenvalue weighted by Gasteiger charge is -2.07. The van der Waals surface area contributed by atoms with E-state index >= 15 is 0 Å². The van der Waals surface area contributed by atoms with Gasteiger partial charge in [-0.2, -0.15) is 0 Å². The second kappa shape index (κ2) is 5.89. The van der Waals surface area contributed by atoms with Crippen LogP contribution in [0.3, 0.4) is 0 Å². The topological polar surface area (TPSA) is 72.8 Å². The Morgan fingerprint density at radius 1 is 1.24 bits per heavy atom. The molecule has 1 rings (SSSR count). The molecular formula is C12H14O5. The van der Waals surface area contributed by atoms with E-state index in [0.29, 0.717) is 6.42 Å². The number of carbonyl (C=O) groups excluding carboxylic acids is 2. The lowest BCUT2D eigenvalue weighted by Crippen LogP contribution is -2.04. The molecule has 0 heterocycles. The summed E-state index contributed by atoms with van der Waals surface area (Å²) in [5.41, 5.74) is 0.791. The number of hydrogen-bond donors (Lipinski definition) is 1. The van der Waals surface area contributed by atoms with E-state index in [1.807, 2.05) is 0 Å². The highest BCUT2D eigenvalue weighted by molar-refractivity contribution is 5.70. The molecule has 92 valence electrons. The summed E-state index contributed by atoms with van der Waals surface area (Å²) in [5.74, 6) is -0.826. The first-order valence-corrected chi connectivity index (χ1v) is 5.12. The molecule has 0 bridgehead atoms. The first kappa shape index (κ1) is 13.0. The first-order chi connectivity index (χ1) is 7.99. The summed E-state index contributed by atoms with van der Waals surface area (Å²) in [6.07, 6.45) is 0.494. The summed E-state index contributed by atoms with van der Waals surface area (Å²) in [7, 11) is 0. The van der Waals surface area contributed by atoms with Crippen molar-refractivity contribution in [2.24, 2.45) is 0 Å². The number of phenols is 1. The van der Waals surface area contributed by atoms with Crippen LogP contribution in [0.5, 0.6) is 11.5 Å². The van der Waals surface area contributed by atoms with E-state index in [-0.39, 0.29) is 24.1 Å². The maximum absolute atomic E-state index is 10.7. The molecule has 1 aromatic rings. The molecule has 0 atom stereocenters. The van der Waals surface area contributed by atoms with E-state index in [0.717, 1.165) is 5.56 Å². The van der Waals surface area contributed by atoms with Crippen LogP contribution in [0.25, 0.3) is 0 Å². The lowest BCUT2D eigenvalue weighted by atomic mass is 10.1. The Bertz CT molecular complexity index is 425. The minimum atomic E-state index is -0.493. The Kier molecular flexibility index (Phi) is 4.51. The van der Waals surface area contributed by atoms with Crippen molar-refractivity contribution >= 4 is 11.9 Å². The van der Waals surface area contributed by atoms with Crippen molar-refractivity contribution in [3.63, 3.8) is 0 Å². The molecule has 0 unspecified atom stereocenters. The Hall–Kier alpha value is -2.04. The molecule has 0 fully saturated rings. The van der Waals surface area contributed by atoms with Gasteiger partial charge in [-0.15, -0.1) is 0 Å². The van der Waals surface area contributed by atoms with Crippen LogP contribution in [0.2, 0.25) is 0 Å². The molecule has 0 aliphatic carbocycles. The fourth-order valence-corrected chi connectivity index (χ4v) is 1.27. The summed E-state index contributed by atoms with van der Waals surface area (Å²) >= 11 is 0. The van der Waals surface area contributed by atoms with Gasteiger partial charge in [0.25, 0.3) is 0 Å². The number of carbonyl (C=O) groups is 2. The molecule has 0 radical (unpaired) electrons. The Morgan fingerprint density at radius 2 is 1.94 bits per heavy atom. The smallest absolute Gasteiger partial charge is 0.308 e. The van der Waals surface area contributed by atoms with Crippen LogP contribution in [-0.2, 0) is 20.7 Å². The highest BCUT2D eigenvalue weighted by atomic mass is 16.5. The zero-order valence-corrected chi connectivity index (χ0v) is 9.73. The van der Waals surface area contributed by atoms with Crippen molar-refractivity contribution in [3.05, 3.63) is 23.8 Å². The second-order valence-electron chi connectivity index (χ2n) is 3.49. The van der Waals surface area contributed by atoms with Crippen LogP contribution in [0.4, 0.5) is 0 Å². The number of phenolic OH excluding ortho intramolecular Hbond substituents is 1. The second-order valence-corrected chi connectivity index (χ2v) is 3.49. The number of esters is 2. The van der Waals surface area contributed by atoms with Gasteiger partial charge in [0, 0.05) is 20.3 Å². The number of benzene rings is 1. The quantitative estimate of drug-likeness (QED) is 0.634. The fraction of sp³-hybridized carbons (Fsp3) is 0.333. The maximum atomic E-state index is 10.7. The van der Waals surface area contributed by atoms with Crippen LogP contribution in [-0.4, -0.2) is 23.7 Å². The third-order valence-corrected chi connectivity index (χ3v) is 1.97. The Balaban J connectivity index is 2.62. The van der Waals surface area contributed by atoms with E-state index in [1.165, 1.54) is 26.0 Å². The van der Waals surface area contributed by atoms with E-state index < -0.39 is 5.97 Å². The summed E-state index contributed by atoms with van der Waals surface area (Å²) in [5, 5.41) is 9.56. The molecule has 0 aliphatic heterocycles. The molecule has 0 amide bonds. The van der Waals surface area contributed by atoms with Gasteiger partial charge in [-0.25, -0.2) is 0 Å². The third-order valence-electron chi connectivity index (χ3n) is 1.97. The van der Waals surface area contributed by atoms with E-state index in [1.54, 1.807) is 6.07 Å². The van der Waals surface area contributed by atoms with Crippen LogP contribution < -0.4 is 4.74 Å². The van der Waals surface area contributed by atoms with Crippen LogP contribution in [0.1, 0.15) is 19.4 Å². The van der Waals surface area contributed by atoms with Crippen molar-refractivity contribution in [3.8, 4) is 11.5 Å². The largest absolute Gasteiger partial charge is 0.504 e. The minimum absolute atomic E-state index is 0.111. The molecule has 0 aromatic heterocycles. The van der Waals surface area contributed by atoms with Crippen molar-refractivity contribution < 1.29 is 24.2 Å². The first-order valence-electron chi connectivity index (χ1n) is 5.12. The van der Waals surface area contributed by atoms with Crippen LogP contribution in [0.15, 0.2) is 18.2 Å². The van der Waals surface area contributed by atoms with Crippen LogP contribution in [0, 0.1) is 0 Å². The summed E-state index contributed by atoms with van der Waals surface area (Å²) in [4.78, 5) is 21.3.